The molecule has 37 heavy (non-hydrogen) atoms. The van der Waals surface area contributed by atoms with Crippen molar-refractivity contribution >= 4 is 32.3 Å². The zero-order valence-corrected chi connectivity index (χ0v) is 22.3. The Hall–Kier alpha value is -3.18. The number of sulfone groups is 1. The quantitative estimate of drug-likeness (QED) is 0.425. The predicted octanol–water partition coefficient (Wildman–Crippen LogP) is 3.10. The molecule has 0 atom stereocenters. The minimum atomic E-state index is -2.84. The van der Waals surface area contributed by atoms with Gasteiger partial charge in [-0.15, -0.1) is 0 Å². The normalized spacial score (nSPS) is 19.3. The molecule has 10 nitrogen and oxygen atoms in total. The highest BCUT2D eigenvalue weighted by Gasteiger charge is 2.30. The molecule has 6 heterocycles. The van der Waals surface area contributed by atoms with Gasteiger partial charge in [0.15, 0.2) is 11.4 Å². The Kier molecular flexibility index (Phi) is 6.07. The van der Waals surface area contributed by atoms with Gasteiger partial charge in [-0.05, 0) is 37.0 Å². The molecule has 1 N–H and O–H groups in total. The molecule has 0 bridgehead atoms. The molecule has 2 aliphatic rings. The lowest BCUT2D eigenvalue weighted by molar-refractivity contribution is 0.173. The number of hydrogen-bond acceptors (Lipinski definition) is 8. The molecule has 2 aliphatic heterocycles. The Morgan fingerprint density at radius 2 is 1.86 bits per heavy atom. The molecule has 0 amide bonds. The van der Waals surface area contributed by atoms with Crippen LogP contribution in [0.3, 0.4) is 0 Å². The third kappa shape index (κ3) is 4.44. The summed E-state index contributed by atoms with van der Waals surface area (Å²) in [6, 6.07) is 6.59. The van der Waals surface area contributed by atoms with Crippen molar-refractivity contribution in [2.45, 2.75) is 38.6 Å². The van der Waals surface area contributed by atoms with Crippen molar-refractivity contribution in [3.8, 4) is 17.0 Å². The number of aromatic amines is 1. The van der Waals surface area contributed by atoms with Crippen LogP contribution in [0.4, 0.5) is 5.82 Å². The van der Waals surface area contributed by atoms with Crippen LogP contribution in [0.25, 0.3) is 27.9 Å². The van der Waals surface area contributed by atoms with Crippen LogP contribution >= 0.6 is 0 Å². The molecule has 2 fully saturated rings. The molecule has 0 aliphatic carbocycles. The summed E-state index contributed by atoms with van der Waals surface area (Å²) in [4.78, 5) is 17.9. The standard InChI is InChI=1S/C26H33N7O3S/c1-17(2)23-24(18-14-21(36-3)26-27-16-28-33(26)15-18)29-20-4-5-22(30-25(20)23)32-10-8-31(9-11-32)19-6-12-37(34,35)13-7-19/h4-5,14-17,19,29H,6-13H2,1-3H3. The maximum absolute atomic E-state index is 11.8. The predicted molar refractivity (Wildman–Crippen MR) is 144 cm³/mol. The van der Waals surface area contributed by atoms with E-state index in [1.807, 2.05) is 12.3 Å². The van der Waals surface area contributed by atoms with Gasteiger partial charge in [0.1, 0.15) is 22.0 Å². The summed E-state index contributed by atoms with van der Waals surface area (Å²) < 4.78 is 31.0. The highest BCUT2D eigenvalue weighted by Crippen LogP contribution is 2.37. The van der Waals surface area contributed by atoms with E-state index in [0.717, 1.165) is 67.1 Å². The summed E-state index contributed by atoms with van der Waals surface area (Å²) in [7, 11) is -1.19. The fraction of sp³-hybridized carbons (Fsp3) is 0.500. The minimum absolute atomic E-state index is 0.253. The Balaban J connectivity index is 1.28. The van der Waals surface area contributed by atoms with Crippen LogP contribution in [0, 0.1) is 0 Å². The van der Waals surface area contributed by atoms with Crippen molar-refractivity contribution in [2.75, 3.05) is 49.7 Å². The number of aromatic nitrogens is 5. The fourth-order valence-electron chi connectivity index (χ4n) is 5.78. The summed E-state index contributed by atoms with van der Waals surface area (Å²) in [6.45, 7) is 8.01. The van der Waals surface area contributed by atoms with Gasteiger partial charge in [0.2, 0.25) is 0 Å². The van der Waals surface area contributed by atoms with Gasteiger partial charge in [0.05, 0.1) is 35.3 Å². The van der Waals surface area contributed by atoms with Gasteiger partial charge in [0.25, 0.3) is 0 Å². The molecular weight excluding hydrogens is 490 g/mol. The molecule has 0 aromatic carbocycles. The average molecular weight is 524 g/mol. The van der Waals surface area contributed by atoms with Crippen molar-refractivity contribution in [1.82, 2.24) is 29.5 Å². The second-order valence-corrected chi connectivity index (χ2v) is 12.7. The smallest absolute Gasteiger partial charge is 0.197 e. The molecule has 4 aromatic heterocycles. The SMILES string of the molecule is COc1cc(-c2[nH]c3ccc(N4CCN(C5CCS(=O)(=O)CC5)CC4)nc3c2C(C)C)cn2ncnc12. The molecule has 11 heteroatoms. The van der Waals surface area contributed by atoms with Crippen LogP contribution in [0.5, 0.6) is 5.75 Å². The summed E-state index contributed by atoms with van der Waals surface area (Å²) in [5.74, 6) is 2.54. The monoisotopic (exact) mass is 523 g/mol. The third-order valence-corrected chi connectivity index (χ3v) is 9.49. The average Bonchev–Trinajstić information content (AvgIpc) is 3.52. The topological polar surface area (TPSA) is 109 Å². The summed E-state index contributed by atoms with van der Waals surface area (Å²) in [6.07, 6.45) is 5.00. The maximum Gasteiger partial charge on any atom is 0.197 e. The van der Waals surface area contributed by atoms with Crippen LogP contribution in [0.2, 0.25) is 0 Å². The van der Waals surface area contributed by atoms with Crippen molar-refractivity contribution < 1.29 is 13.2 Å². The zero-order valence-electron chi connectivity index (χ0n) is 21.5. The fourth-order valence-corrected chi connectivity index (χ4v) is 7.25. The Morgan fingerprint density at radius 3 is 2.57 bits per heavy atom. The molecule has 6 rings (SSSR count). The summed E-state index contributed by atoms with van der Waals surface area (Å²) >= 11 is 0. The van der Waals surface area contributed by atoms with Crippen LogP contribution in [-0.4, -0.2) is 88.7 Å². The molecule has 196 valence electrons. The second-order valence-electron chi connectivity index (χ2n) is 10.4. The molecule has 0 radical (unpaired) electrons. The first-order valence-electron chi connectivity index (χ1n) is 12.9. The number of pyridine rings is 2. The summed E-state index contributed by atoms with van der Waals surface area (Å²) in [5.41, 5.74) is 5.83. The number of ether oxygens (including phenoxy) is 1. The number of anilines is 1. The van der Waals surface area contributed by atoms with E-state index in [9.17, 15) is 8.42 Å². The number of methoxy groups -OCH3 is 1. The van der Waals surface area contributed by atoms with Gasteiger partial charge in [-0.2, -0.15) is 5.10 Å². The second kappa shape index (κ2) is 9.29. The lowest BCUT2D eigenvalue weighted by atomic mass is 9.99. The first-order chi connectivity index (χ1) is 17.8. The van der Waals surface area contributed by atoms with Crippen LogP contribution in [-0.2, 0) is 9.84 Å². The largest absolute Gasteiger partial charge is 0.493 e. The van der Waals surface area contributed by atoms with Crippen molar-refractivity contribution in [3.05, 3.63) is 36.3 Å². The maximum atomic E-state index is 11.8. The van der Waals surface area contributed by atoms with Crippen LogP contribution < -0.4 is 9.64 Å². The van der Waals surface area contributed by atoms with Gasteiger partial charge in [-0.1, -0.05) is 13.8 Å². The highest BCUT2D eigenvalue weighted by atomic mass is 32.2. The van der Waals surface area contributed by atoms with E-state index in [0.29, 0.717) is 28.9 Å². The van der Waals surface area contributed by atoms with Crippen molar-refractivity contribution in [3.63, 3.8) is 0 Å². The van der Waals surface area contributed by atoms with Crippen LogP contribution in [0.15, 0.2) is 30.7 Å². The minimum Gasteiger partial charge on any atom is -0.493 e. The van der Waals surface area contributed by atoms with Crippen molar-refractivity contribution in [1.29, 1.82) is 0 Å². The van der Waals surface area contributed by atoms with E-state index in [2.05, 4.69) is 50.8 Å². The molecule has 0 spiro atoms. The highest BCUT2D eigenvalue weighted by molar-refractivity contribution is 7.91. The van der Waals surface area contributed by atoms with Gasteiger partial charge in [0, 0.05) is 49.5 Å². The van der Waals surface area contributed by atoms with E-state index in [-0.39, 0.29) is 5.92 Å². The zero-order chi connectivity index (χ0) is 25.7. The van der Waals surface area contributed by atoms with Gasteiger partial charge < -0.3 is 14.6 Å². The molecular formula is C26H33N7O3S. The van der Waals surface area contributed by atoms with Gasteiger partial charge in [-0.25, -0.2) is 22.9 Å². The number of fused-ring (bicyclic) bond motifs is 2. The number of nitrogens with zero attached hydrogens (tertiary/aromatic N) is 6. The number of H-pyrrole nitrogens is 1. The Labute approximate surface area is 216 Å². The van der Waals surface area contributed by atoms with E-state index in [4.69, 9.17) is 9.72 Å². The lowest BCUT2D eigenvalue weighted by Gasteiger charge is -2.41. The number of hydrogen-bond donors (Lipinski definition) is 1. The summed E-state index contributed by atoms with van der Waals surface area (Å²) in [5, 5.41) is 4.32. The van der Waals surface area contributed by atoms with E-state index in [1.54, 1.807) is 11.6 Å². The first kappa shape index (κ1) is 24.2. The number of nitrogens with one attached hydrogen (secondary N) is 1. The molecule has 2 saturated heterocycles. The lowest BCUT2D eigenvalue weighted by Crippen LogP contribution is -2.52. The van der Waals surface area contributed by atoms with E-state index < -0.39 is 9.84 Å². The van der Waals surface area contributed by atoms with Crippen molar-refractivity contribution in [2.24, 2.45) is 0 Å². The molecule has 4 aromatic rings. The number of rotatable bonds is 5. The van der Waals surface area contributed by atoms with Gasteiger partial charge >= 0.3 is 0 Å². The van der Waals surface area contributed by atoms with Gasteiger partial charge in [-0.3, -0.25) is 4.90 Å². The molecule has 0 saturated carbocycles. The van der Waals surface area contributed by atoms with E-state index >= 15 is 0 Å². The van der Waals surface area contributed by atoms with Crippen LogP contribution in [0.1, 0.15) is 38.2 Å². The van der Waals surface area contributed by atoms with E-state index in [1.165, 1.54) is 11.9 Å². The Bertz CT molecular complexity index is 1540. The molecule has 0 unspecified atom stereocenters. The number of piperazine rings is 1. The Morgan fingerprint density at radius 1 is 1.11 bits per heavy atom. The third-order valence-electron chi connectivity index (χ3n) is 7.77. The first-order valence-corrected chi connectivity index (χ1v) is 14.7.